The molecule has 0 saturated carbocycles. The van der Waals surface area contributed by atoms with Gasteiger partial charge in [-0.15, -0.1) is 0 Å². The van der Waals surface area contributed by atoms with Gasteiger partial charge in [-0.25, -0.2) is 4.39 Å². The largest absolute Gasteiger partial charge is 0.457 e. The monoisotopic (exact) mass is 246 g/mol. The molecule has 0 unspecified atom stereocenters. The molecule has 0 fully saturated rings. The van der Waals surface area contributed by atoms with Crippen LogP contribution in [-0.2, 0) is 0 Å². The van der Waals surface area contributed by atoms with Gasteiger partial charge in [0.25, 0.3) is 0 Å². The van der Waals surface area contributed by atoms with Crippen LogP contribution in [-0.4, -0.2) is 5.11 Å². The lowest BCUT2D eigenvalue weighted by molar-refractivity contribution is 0.195. The molecule has 0 aliphatic carbocycles. The van der Waals surface area contributed by atoms with Crippen LogP contribution in [0.5, 0.6) is 11.5 Å². The highest BCUT2D eigenvalue weighted by Crippen LogP contribution is 2.30. The topological polar surface area (TPSA) is 29.5 Å². The maximum Gasteiger partial charge on any atom is 0.133 e. The second-order valence-electron chi connectivity index (χ2n) is 4.27. The van der Waals surface area contributed by atoms with Crippen molar-refractivity contribution in [1.82, 2.24) is 0 Å². The second kappa shape index (κ2) is 5.19. The lowest BCUT2D eigenvalue weighted by atomic mass is 10.1. The van der Waals surface area contributed by atoms with E-state index in [0.29, 0.717) is 17.1 Å². The van der Waals surface area contributed by atoms with Crippen molar-refractivity contribution >= 4 is 0 Å². The lowest BCUT2D eigenvalue weighted by Crippen LogP contribution is -1.97. The first kappa shape index (κ1) is 12.6. The highest BCUT2D eigenvalue weighted by Gasteiger charge is 2.11. The molecule has 3 heteroatoms. The van der Waals surface area contributed by atoms with E-state index >= 15 is 0 Å². The molecule has 2 nitrogen and oxygen atoms in total. The summed E-state index contributed by atoms with van der Waals surface area (Å²) in [6.45, 7) is 3.57. The first-order chi connectivity index (χ1) is 8.56. The number of hydrogen-bond donors (Lipinski definition) is 1. The summed E-state index contributed by atoms with van der Waals surface area (Å²) in [6.07, 6.45) is -0.777. The molecule has 0 heterocycles. The average molecular weight is 246 g/mol. The molecule has 0 aliphatic heterocycles. The summed E-state index contributed by atoms with van der Waals surface area (Å²) in [5.41, 5.74) is 1.58. The summed E-state index contributed by atoms with van der Waals surface area (Å²) in [4.78, 5) is 0. The standard InChI is InChI=1S/C15H15FO2/c1-10-3-6-13(7-4-10)18-15-8-5-12(16)9-14(15)11(2)17/h3-9,11,17H,1-2H3/t11-/m0/s1. The maximum atomic E-state index is 13.1. The number of benzene rings is 2. The SMILES string of the molecule is Cc1ccc(Oc2ccc(F)cc2[C@H](C)O)cc1. The third kappa shape index (κ3) is 2.87. The summed E-state index contributed by atoms with van der Waals surface area (Å²) < 4.78 is 18.8. The van der Waals surface area contributed by atoms with Crippen molar-refractivity contribution in [3.63, 3.8) is 0 Å². The van der Waals surface area contributed by atoms with E-state index in [0.717, 1.165) is 5.56 Å². The highest BCUT2D eigenvalue weighted by atomic mass is 19.1. The molecule has 0 radical (unpaired) electrons. The number of hydrogen-bond acceptors (Lipinski definition) is 2. The predicted octanol–water partition coefficient (Wildman–Crippen LogP) is 3.98. The third-order valence-electron chi connectivity index (χ3n) is 2.67. The number of halogens is 1. The summed E-state index contributed by atoms with van der Waals surface area (Å²) in [5, 5.41) is 9.60. The minimum absolute atomic E-state index is 0.387. The predicted molar refractivity (Wildman–Crippen MR) is 68.3 cm³/mol. The zero-order valence-electron chi connectivity index (χ0n) is 10.4. The molecular weight excluding hydrogens is 231 g/mol. The van der Waals surface area contributed by atoms with Gasteiger partial charge in [-0.2, -0.15) is 0 Å². The first-order valence-electron chi connectivity index (χ1n) is 5.78. The van der Waals surface area contributed by atoms with Gasteiger partial charge < -0.3 is 9.84 Å². The number of aliphatic hydroxyl groups excluding tert-OH is 1. The second-order valence-corrected chi connectivity index (χ2v) is 4.27. The first-order valence-corrected chi connectivity index (χ1v) is 5.78. The van der Waals surface area contributed by atoms with E-state index in [1.165, 1.54) is 18.2 Å². The van der Waals surface area contributed by atoms with E-state index in [9.17, 15) is 9.50 Å². The Morgan fingerprint density at radius 3 is 2.39 bits per heavy atom. The summed E-state index contributed by atoms with van der Waals surface area (Å²) in [6, 6.07) is 11.7. The van der Waals surface area contributed by atoms with Gasteiger partial charge in [0.2, 0.25) is 0 Å². The fourth-order valence-corrected chi connectivity index (χ4v) is 1.67. The minimum atomic E-state index is -0.777. The van der Waals surface area contributed by atoms with Crippen molar-refractivity contribution in [2.75, 3.05) is 0 Å². The Balaban J connectivity index is 2.31. The quantitative estimate of drug-likeness (QED) is 0.887. The normalized spacial score (nSPS) is 12.2. The Kier molecular flexibility index (Phi) is 3.63. The van der Waals surface area contributed by atoms with Gasteiger partial charge in [0.05, 0.1) is 6.10 Å². The van der Waals surface area contributed by atoms with Crippen LogP contribution >= 0.6 is 0 Å². The lowest BCUT2D eigenvalue weighted by Gasteiger charge is -2.13. The van der Waals surface area contributed by atoms with E-state index in [2.05, 4.69) is 0 Å². The Bertz CT molecular complexity index is 533. The molecule has 2 aromatic carbocycles. The molecule has 18 heavy (non-hydrogen) atoms. The van der Waals surface area contributed by atoms with Crippen LogP contribution in [0.3, 0.4) is 0 Å². The molecule has 0 aromatic heterocycles. The van der Waals surface area contributed by atoms with Gasteiger partial charge in [-0.05, 0) is 44.2 Å². The Morgan fingerprint density at radius 2 is 1.78 bits per heavy atom. The van der Waals surface area contributed by atoms with Gasteiger partial charge in [0, 0.05) is 5.56 Å². The van der Waals surface area contributed by atoms with Gasteiger partial charge in [0.1, 0.15) is 17.3 Å². The van der Waals surface area contributed by atoms with Gasteiger partial charge in [-0.1, -0.05) is 17.7 Å². The zero-order valence-corrected chi connectivity index (χ0v) is 10.4. The van der Waals surface area contributed by atoms with Crippen LogP contribution < -0.4 is 4.74 Å². The van der Waals surface area contributed by atoms with Crippen molar-refractivity contribution < 1.29 is 14.2 Å². The van der Waals surface area contributed by atoms with Gasteiger partial charge in [-0.3, -0.25) is 0 Å². The Hall–Kier alpha value is -1.87. The molecule has 94 valence electrons. The smallest absolute Gasteiger partial charge is 0.133 e. The van der Waals surface area contributed by atoms with Gasteiger partial charge >= 0.3 is 0 Å². The van der Waals surface area contributed by atoms with Crippen molar-refractivity contribution in [3.8, 4) is 11.5 Å². The number of aliphatic hydroxyl groups is 1. The molecule has 0 saturated heterocycles. The summed E-state index contributed by atoms with van der Waals surface area (Å²) >= 11 is 0. The molecule has 1 atom stereocenters. The van der Waals surface area contributed by atoms with Crippen LogP contribution in [0.15, 0.2) is 42.5 Å². The summed E-state index contributed by atoms with van der Waals surface area (Å²) in [7, 11) is 0. The number of rotatable bonds is 3. The number of ether oxygens (including phenoxy) is 1. The van der Waals surface area contributed by atoms with E-state index in [1.54, 1.807) is 6.92 Å². The van der Waals surface area contributed by atoms with Crippen LogP contribution in [0, 0.1) is 12.7 Å². The van der Waals surface area contributed by atoms with E-state index in [-0.39, 0.29) is 5.82 Å². The zero-order chi connectivity index (χ0) is 13.1. The fraction of sp³-hybridized carbons (Fsp3) is 0.200. The highest BCUT2D eigenvalue weighted by molar-refractivity contribution is 5.39. The summed E-state index contributed by atoms with van der Waals surface area (Å²) in [5.74, 6) is 0.742. The van der Waals surface area contributed by atoms with Gasteiger partial charge in [0.15, 0.2) is 0 Å². The van der Waals surface area contributed by atoms with Crippen molar-refractivity contribution in [1.29, 1.82) is 0 Å². The van der Waals surface area contributed by atoms with Crippen molar-refractivity contribution in [2.45, 2.75) is 20.0 Å². The van der Waals surface area contributed by atoms with E-state index in [4.69, 9.17) is 4.74 Å². The van der Waals surface area contributed by atoms with Crippen molar-refractivity contribution in [3.05, 3.63) is 59.4 Å². The molecule has 0 bridgehead atoms. The molecular formula is C15H15FO2. The van der Waals surface area contributed by atoms with Crippen LogP contribution in [0.2, 0.25) is 0 Å². The average Bonchev–Trinajstić information content (AvgIpc) is 2.34. The van der Waals surface area contributed by atoms with E-state index < -0.39 is 6.10 Å². The van der Waals surface area contributed by atoms with Crippen LogP contribution in [0.1, 0.15) is 24.2 Å². The maximum absolute atomic E-state index is 13.1. The molecule has 0 spiro atoms. The van der Waals surface area contributed by atoms with Crippen molar-refractivity contribution in [2.24, 2.45) is 0 Å². The Morgan fingerprint density at radius 1 is 1.11 bits per heavy atom. The van der Waals surface area contributed by atoms with Crippen LogP contribution in [0.4, 0.5) is 4.39 Å². The molecule has 0 amide bonds. The molecule has 0 aliphatic rings. The van der Waals surface area contributed by atoms with E-state index in [1.807, 2.05) is 31.2 Å². The molecule has 2 rings (SSSR count). The third-order valence-corrected chi connectivity index (χ3v) is 2.67. The van der Waals surface area contributed by atoms with Crippen LogP contribution in [0.25, 0.3) is 0 Å². The number of aryl methyl sites for hydroxylation is 1. The molecule has 1 N–H and O–H groups in total. The fourth-order valence-electron chi connectivity index (χ4n) is 1.67. The Labute approximate surface area is 106 Å². The minimum Gasteiger partial charge on any atom is -0.457 e. The molecule has 2 aromatic rings.